The smallest absolute Gasteiger partial charge is 0.408 e. The van der Waals surface area contributed by atoms with Gasteiger partial charge in [0.1, 0.15) is 24.0 Å². The zero-order valence-electron chi connectivity index (χ0n) is 26.2. The van der Waals surface area contributed by atoms with Crippen LogP contribution >= 0.6 is 0 Å². The second kappa shape index (κ2) is 14.5. The van der Waals surface area contributed by atoms with Gasteiger partial charge in [-0.1, -0.05) is 47.6 Å². The third-order valence-electron chi connectivity index (χ3n) is 6.47. The quantitative estimate of drug-likeness (QED) is 0.155. The number of hydrogen-bond acceptors (Lipinski definition) is 10. The monoisotopic (exact) mass is 615 g/mol. The molecule has 0 unspecified atom stereocenters. The number of methoxy groups -OCH3 is 1. The van der Waals surface area contributed by atoms with Gasteiger partial charge in [-0.15, -0.1) is 0 Å². The zero-order valence-corrected chi connectivity index (χ0v) is 26.2. The molecule has 1 N–H and O–H groups in total. The van der Waals surface area contributed by atoms with E-state index in [-0.39, 0.29) is 25.6 Å². The van der Waals surface area contributed by atoms with E-state index < -0.39 is 23.7 Å². The van der Waals surface area contributed by atoms with Crippen molar-refractivity contribution in [2.75, 3.05) is 13.7 Å². The van der Waals surface area contributed by atoms with E-state index in [4.69, 9.17) is 23.5 Å². The number of esters is 2. The minimum Gasteiger partial charge on any atom is -0.496 e. The predicted octanol–water partition coefficient (Wildman–Crippen LogP) is 6.14. The molecule has 11 nitrogen and oxygen atoms in total. The van der Waals surface area contributed by atoms with Gasteiger partial charge in [0, 0.05) is 30.0 Å². The van der Waals surface area contributed by atoms with Crippen molar-refractivity contribution in [2.24, 2.45) is 0 Å². The number of aromatic nitrogens is 2. The van der Waals surface area contributed by atoms with Crippen LogP contribution in [-0.2, 0) is 36.8 Å². The van der Waals surface area contributed by atoms with Gasteiger partial charge in [-0.25, -0.2) is 9.59 Å². The van der Waals surface area contributed by atoms with E-state index in [9.17, 15) is 14.4 Å². The SMILES string of the molecule is CCOC(=O)[C@H](Cc1ccc(-c2noc(-c3ccc(OC)c(-c4cccc(COC(C)=O)c4)c3)n2)cc1)NC(=O)OC(C)(C)C. The van der Waals surface area contributed by atoms with Crippen LogP contribution in [-0.4, -0.2) is 53.5 Å². The number of nitrogens with one attached hydrogen (secondary N) is 1. The summed E-state index contributed by atoms with van der Waals surface area (Å²) >= 11 is 0. The van der Waals surface area contributed by atoms with E-state index in [1.165, 1.54) is 6.92 Å². The van der Waals surface area contributed by atoms with Crippen LogP contribution in [0.3, 0.4) is 0 Å². The molecule has 1 amide bonds. The Morgan fingerprint density at radius 2 is 1.64 bits per heavy atom. The Morgan fingerprint density at radius 1 is 0.911 bits per heavy atom. The van der Waals surface area contributed by atoms with Crippen LogP contribution in [0.1, 0.15) is 45.7 Å². The number of rotatable bonds is 11. The summed E-state index contributed by atoms with van der Waals surface area (Å²) in [5.74, 6) is 0.452. The number of benzene rings is 3. The molecule has 0 fully saturated rings. The third kappa shape index (κ3) is 9.15. The summed E-state index contributed by atoms with van der Waals surface area (Å²) in [6, 6.07) is 19.5. The van der Waals surface area contributed by atoms with Gasteiger partial charge in [-0.3, -0.25) is 4.79 Å². The molecule has 0 bridgehead atoms. The fourth-order valence-corrected chi connectivity index (χ4v) is 4.45. The summed E-state index contributed by atoms with van der Waals surface area (Å²) in [4.78, 5) is 40.7. The van der Waals surface area contributed by atoms with E-state index in [1.54, 1.807) is 34.8 Å². The van der Waals surface area contributed by atoms with E-state index in [0.717, 1.165) is 22.3 Å². The fraction of sp³-hybridized carbons (Fsp3) is 0.324. The maximum absolute atomic E-state index is 12.5. The van der Waals surface area contributed by atoms with E-state index in [2.05, 4.69) is 15.5 Å². The Morgan fingerprint density at radius 3 is 2.31 bits per heavy atom. The predicted molar refractivity (Wildman–Crippen MR) is 166 cm³/mol. The van der Waals surface area contributed by atoms with Gasteiger partial charge in [0.2, 0.25) is 5.82 Å². The number of carbonyl (C=O) groups is 3. The summed E-state index contributed by atoms with van der Waals surface area (Å²) in [5, 5.41) is 6.77. The molecular formula is C34H37N3O8. The molecule has 0 radical (unpaired) electrons. The summed E-state index contributed by atoms with van der Waals surface area (Å²) in [5.41, 5.74) is 3.99. The molecule has 0 saturated carbocycles. The van der Waals surface area contributed by atoms with Crippen molar-refractivity contribution in [3.05, 3.63) is 77.9 Å². The highest BCUT2D eigenvalue weighted by atomic mass is 16.6. The van der Waals surface area contributed by atoms with Gasteiger partial charge >= 0.3 is 18.0 Å². The van der Waals surface area contributed by atoms with Crippen LogP contribution < -0.4 is 10.1 Å². The largest absolute Gasteiger partial charge is 0.496 e. The van der Waals surface area contributed by atoms with E-state index in [0.29, 0.717) is 28.6 Å². The van der Waals surface area contributed by atoms with E-state index >= 15 is 0 Å². The Hall–Kier alpha value is -5.19. The Labute approximate surface area is 261 Å². The first-order chi connectivity index (χ1) is 21.5. The number of ether oxygens (including phenoxy) is 4. The van der Waals surface area contributed by atoms with Gasteiger partial charge in [0.25, 0.3) is 5.89 Å². The highest BCUT2D eigenvalue weighted by Crippen LogP contribution is 2.35. The summed E-state index contributed by atoms with van der Waals surface area (Å²) in [7, 11) is 1.60. The third-order valence-corrected chi connectivity index (χ3v) is 6.47. The molecule has 236 valence electrons. The molecule has 3 aromatic carbocycles. The Balaban J connectivity index is 1.52. The maximum atomic E-state index is 12.5. The molecular weight excluding hydrogens is 578 g/mol. The molecule has 11 heteroatoms. The number of hydrogen-bond donors (Lipinski definition) is 1. The number of carbonyl (C=O) groups excluding carboxylic acids is 3. The molecule has 1 atom stereocenters. The second-order valence-electron chi connectivity index (χ2n) is 11.2. The average Bonchev–Trinajstić information content (AvgIpc) is 3.49. The second-order valence-corrected chi connectivity index (χ2v) is 11.2. The molecule has 1 heterocycles. The van der Waals surface area contributed by atoms with Crippen LogP contribution in [0.2, 0.25) is 0 Å². The van der Waals surface area contributed by atoms with Crippen molar-refractivity contribution in [3.8, 4) is 39.7 Å². The highest BCUT2D eigenvalue weighted by Gasteiger charge is 2.26. The fourth-order valence-electron chi connectivity index (χ4n) is 4.45. The van der Waals surface area contributed by atoms with E-state index in [1.807, 2.05) is 66.7 Å². The van der Waals surface area contributed by atoms with Crippen molar-refractivity contribution in [1.29, 1.82) is 0 Å². The molecule has 1 aromatic heterocycles. The van der Waals surface area contributed by atoms with Crippen molar-refractivity contribution in [3.63, 3.8) is 0 Å². The van der Waals surface area contributed by atoms with Crippen molar-refractivity contribution in [2.45, 2.75) is 59.3 Å². The van der Waals surface area contributed by atoms with Gasteiger partial charge in [0.15, 0.2) is 0 Å². The molecule has 0 aliphatic carbocycles. The van der Waals surface area contributed by atoms with Gasteiger partial charge < -0.3 is 28.8 Å². The first kappa shape index (κ1) is 32.7. The minimum atomic E-state index is -0.922. The lowest BCUT2D eigenvalue weighted by atomic mass is 10.00. The Bertz CT molecular complexity index is 1640. The van der Waals surface area contributed by atoms with Gasteiger partial charge in [-0.05, 0) is 68.7 Å². The molecule has 0 aliphatic heterocycles. The van der Waals surface area contributed by atoms with Crippen LogP contribution in [0.25, 0.3) is 34.0 Å². The molecule has 4 aromatic rings. The lowest BCUT2D eigenvalue weighted by Crippen LogP contribution is -2.45. The van der Waals surface area contributed by atoms with Crippen molar-refractivity contribution < 1.29 is 37.9 Å². The maximum Gasteiger partial charge on any atom is 0.408 e. The molecule has 0 saturated heterocycles. The number of nitrogens with zero attached hydrogens (tertiary/aromatic N) is 2. The van der Waals surface area contributed by atoms with Gasteiger partial charge in [0.05, 0.1) is 13.7 Å². The van der Waals surface area contributed by atoms with Crippen molar-refractivity contribution >= 4 is 18.0 Å². The summed E-state index contributed by atoms with van der Waals surface area (Å²) < 4.78 is 26.8. The minimum absolute atomic E-state index is 0.167. The summed E-state index contributed by atoms with van der Waals surface area (Å²) in [6.07, 6.45) is -0.500. The van der Waals surface area contributed by atoms with Crippen LogP contribution in [0.5, 0.6) is 5.75 Å². The van der Waals surface area contributed by atoms with Crippen molar-refractivity contribution in [1.82, 2.24) is 15.5 Å². The number of amides is 1. The van der Waals surface area contributed by atoms with Crippen LogP contribution in [0.4, 0.5) is 4.79 Å². The summed E-state index contributed by atoms with van der Waals surface area (Å²) in [6.45, 7) is 8.66. The normalized spacial score (nSPS) is 11.8. The van der Waals surface area contributed by atoms with Crippen LogP contribution in [0.15, 0.2) is 71.3 Å². The average molecular weight is 616 g/mol. The Kier molecular flexibility index (Phi) is 10.6. The standard InChI is InChI=1S/C34H37N3O8/c1-7-42-32(39)28(35-33(40)44-34(3,4)5)18-22-11-13-24(14-12-22)30-36-31(45-37-30)26-15-16-29(41-6)27(19-26)25-10-8-9-23(17-25)20-43-21(2)38/h8-17,19,28H,7,18,20H2,1-6H3,(H,35,40)/t28-/m0/s1. The topological polar surface area (TPSA) is 139 Å². The zero-order chi connectivity index (χ0) is 32.6. The first-order valence-electron chi connectivity index (χ1n) is 14.5. The highest BCUT2D eigenvalue weighted by molar-refractivity contribution is 5.82. The first-order valence-corrected chi connectivity index (χ1v) is 14.5. The molecule has 0 spiro atoms. The van der Waals surface area contributed by atoms with Crippen LogP contribution in [0, 0.1) is 0 Å². The molecule has 0 aliphatic rings. The molecule has 45 heavy (non-hydrogen) atoms. The molecule has 4 rings (SSSR count). The number of alkyl carbamates (subject to hydrolysis) is 1. The van der Waals surface area contributed by atoms with Gasteiger partial charge in [-0.2, -0.15) is 4.98 Å². The lowest BCUT2D eigenvalue weighted by molar-refractivity contribution is -0.145. The lowest BCUT2D eigenvalue weighted by Gasteiger charge is -2.23.